The molecule has 1 atom stereocenters. The van der Waals surface area contributed by atoms with Crippen molar-refractivity contribution in [2.75, 3.05) is 26.8 Å². The molecule has 0 radical (unpaired) electrons. The second-order valence-electron chi connectivity index (χ2n) is 4.99. The first kappa shape index (κ1) is 15.4. The van der Waals surface area contributed by atoms with Crippen LogP contribution in [0.25, 0.3) is 0 Å². The number of nitrogens with two attached hydrogens (primary N) is 1. The zero-order valence-electron chi connectivity index (χ0n) is 11.5. The molecule has 106 valence electrons. The monoisotopic (exact) mass is 258 g/mol. The summed E-state index contributed by atoms with van der Waals surface area (Å²) in [5.74, 6) is -0.0640. The van der Waals surface area contributed by atoms with E-state index in [0.717, 1.165) is 32.1 Å². The maximum atomic E-state index is 11.8. The highest BCUT2D eigenvalue weighted by Crippen LogP contribution is 2.33. The van der Waals surface area contributed by atoms with E-state index in [1.807, 2.05) is 0 Å². The molecule has 0 heterocycles. The molecule has 1 saturated carbocycles. The van der Waals surface area contributed by atoms with E-state index in [9.17, 15) is 4.79 Å². The van der Waals surface area contributed by atoms with E-state index in [4.69, 9.17) is 15.2 Å². The molecule has 0 spiro atoms. The van der Waals surface area contributed by atoms with E-state index in [0.29, 0.717) is 19.7 Å². The van der Waals surface area contributed by atoms with Crippen molar-refractivity contribution < 1.29 is 14.3 Å². The summed E-state index contributed by atoms with van der Waals surface area (Å²) in [5, 5.41) is 2.85. The molecule has 0 aromatic heterocycles. The first-order valence-electron chi connectivity index (χ1n) is 6.78. The lowest BCUT2D eigenvalue weighted by Gasteiger charge is -2.30. The molecule has 1 amide bonds. The molecule has 1 aliphatic rings. The van der Waals surface area contributed by atoms with Gasteiger partial charge in [0.2, 0.25) is 5.91 Å². The number of hydrogen-bond acceptors (Lipinski definition) is 4. The Hall–Kier alpha value is -0.650. The molecule has 0 bridgehead atoms. The Kier molecular flexibility index (Phi) is 6.60. The van der Waals surface area contributed by atoms with Gasteiger partial charge in [-0.1, -0.05) is 12.8 Å². The molecule has 0 aliphatic heterocycles. The molecule has 18 heavy (non-hydrogen) atoms. The van der Waals surface area contributed by atoms with Crippen molar-refractivity contribution in [3.05, 3.63) is 0 Å². The maximum absolute atomic E-state index is 11.8. The molecule has 1 aliphatic carbocycles. The average Bonchev–Trinajstić information content (AvgIpc) is 2.83. The predicted octanol–water partition coefficient (Wildman–Crippen LogP) is 0.816. The van der Waals surface area contributed by atoms with Crippen LogP contribution in [0.15, 0.2) is 0 Å². The van der Waals surface area contributed by atoms with Gasteiger partial charge in [-0.25, -0.2) is 0 Å². The van der Waals surface area contributed by atoms with Crippen LogP contribution in [-0.2, 0) is 14.3 Å². The van der Waals surface area contributed by atoms with Crippen LogP contribution in [-0.4, -0.2) is 44.4 Å². The van der Waals surface area contributed by atoms with Gasteiger partial charge in [0.1, 0.15) is 6.10 Å². The fraction of sp³-hybridized carbons (Fsp3) is 0.923. The molecule has 0 saturated heterocycles. The molecule has 5 nitrogen and oxygen atoms in total. The van der Waals surface area contributed by atoms with E-state index in [-0.39, 0.29) is 11.5 Å². The number of methoxy groups -OCH3 is 1. The van der Waals surface area contributed by atoms with Crippen LogP contribution in [0.3, 0.4) is 0 Å². The van der Waals surface area contributed by atoms with E-state index in [1.165, 1.54) is 0 Å². The van der Waals surface area contributed by atoms with Crippen LogP contribution in [0.5, 0.6) is 0 Å². The maximum Gasteiger partial charge on any atom is 0.248 e. The minimum Gasteiger partial charge on any atom is -0.385 e. The summed E-state index contributed by atoms with van der Waals surface area (Å²) in [7, 11) is 1.65. The Bertz CT molecular complexity index is 253. The van der Waals surface area contributed by atoms with Gasteiger partial charge in [-0.3, -0.25) is 4.79 Å². The summed E-state index contributed by atoms with van der Waals surface area (Å²) in [5.41, 5.74) is 5.51. The molecule has 1 fully saturated rings. The molecule has 1 rings (SSSR count). The normalized spacial score (nSPS) is 19.7. The van der Waals surface area contributed by atoms with Crippen molar-refractivity contribution in [3.63, 3.8) is 0 Å². The standard InChI is InChI=1S/C13H26N2O3/c1-11(12(16)15-8-5-9-17-2)18-13(10-14)6-3-4-7-13/h11H,3-10,14H2,1-2H3,(H,15,16). The highest BCUT2D eigenvalue weighted by atomic mass is 16.5. The second kappa shape index (κ2) is 7.71. The first-order chi connectivity index (χ1) is 8.63. The SMILES string of the molecule is COCCCNC(=O)C(C)OC1(CN)CCCC1. The van der Waals surface area contributed by atoms with Crippen LogP contribution < -0.4 is 11.1 Å². The number of carbonyl (C=O) groups excluding carboxylic acids is 1. The van der Waals surface area contributed by atoms with Crippen molar-refractivity contribution >= 4 is 5.91 Å². The fourth-order valence-corrected chi connectivity index (χ4v) is 2.39. The number of hydrogen-bond donors (Lipinski definition) is 2. The molecule has 5 heteroatoms. The highest BCUT2D eigenvalue weighted by molar-refractivity contribution is 5.80. The number of nitrogens with one attached hydrogen (secondary N) is 1. The lowest BCUT2D eigenvalue weighted by molar-refractivity contribution is -0.144. The number of rotatable bonds is 8. The van der Waals surface area contributed by atoms with Crippen molar-refractivity contribution in [2.45, 2.75) is 50.7 Å². The molecule has 1 unspecified atom stereocenters. The van der Waals surface area contributed by atoms with E-state index >= 15 is 0 Å². The zero-order chi connectivity index (χ0) is 13.4. The molecular weight excluding hydrogens is 232 g/mol. The summed E-state index contributed by atoms with van der Waals surface area (Å²) in [6.45, 7) is 3.56. The van der Waals surface area contributed by atoms with Gasteiger partial charge in [-0.15, -0.1) is 0 Å². The Morgan fingerprint density at radius 1 is 1.44 bits per heavy atom. The van der Waals surface area contributed by atoms with Crippen LogP contribution >= 0.6 is 0 Å². The van der Waals surface area contributed by atoms with Crippen molar-refractivity contribution in [3.8, 4) is 0 Å². The topological polar surface area (TPSA) is 73.6 Å². The summed E-state index contributed by atoms with van der Waals surface area (Å²) in [6.07, 6.45) is 4.58. The largest absolute Gasteiger partial charge is 0.385 e. The minimum atomic E-state index is -0.436. The van der Waals surface area contributed by atoms with E-state index < -0.39 is 6.10 Å². The van der Waals surface area contributed by atoms with E-state index in [1.54, 1.807) is 14.0 Å². The smallest absolute Gasteiger partial charge is 0.248 e. The Morgan fingerprint density at radius 2 is 2.11 bits per heavy atom. The Balaban J connectivity index is 2.30. The summed E-state index contributed by atoms with van der Waals surface area (Å²) in [4.78, 5) is 11.8. The van der Waals surface area contributed by atoms with E-state index in [2.05, 4.69) is 5.32 Å². The molecule has 0 aromatic rings. The molecule has 0 aromatic carbocycles. The average molecular weight is 258 g/mol. The minimum absolute atomic E-state index is 0.0640. The van der Waals surface area contributed by atoms with Gasteiger partial charge in [-0.05, 0) is 26.2 Å². The second-order valence-corrected chi connectivity index (χ2v) is 4.99. The van der Waals surface area contributed by atoms with Gasteiger partial charge >= 0.3 is 0 Å². The zero-order valence-corrected chi connectivity index (χ0v) is 11.5. The third-order valence-electron chi connectivity index (χ3n) is 3.51. The van der Waals surface area contributed by atoms with Gasteiger partial charge in [0, 0.05) is 26.8 Å². The fourth-order valence-electron chi connectivity index (χ4n) is 2.39. The molecule has 3 N–H and O–H groups in total. The summed E-state index contributed by atoms with van der Waals surface area (Å²) < 4.78 is 10.8. The third kappa shape index (κ3) is 4.55. The lowest BCUT2D eigenvalue weighted by atomic mass is 10.0. The molecular formula is C13H26N2O3. The Morgan fingerprint density at radius 3 is 2.67 bits per heavy atom. The summed E-state index contributed by atoms with van der Waals surface area (Å²) >= 11 is 0. The number of ether oxygens (including phenoxy) is 2. The van der Waals surface area contributed by atoms with Gasteiger partial charge in [0.05, 0.1) is 5.60 Å². The van der Waals surface area contributed by atoms with Crippen LogP contribution in [0.1, 0.15) is 39.0 Å². The van der Waals surface area contributed by atoms with Crippen molar-refractivity contribution in [1.82, 2.24) is 5.32 Å². The van der Waals surface area contributed by atoms with Crippen molar-refractivity contribution in [2.24, 2.45) is 5.73 Å². The van der Waals surface area contributed by atoms with Gasteiger partial charge in [0.15, 0.2) is 0 Å². The first-order valence-corrected chi connectivity index (χ1v) is 6.78. The van der Waals surface area contributed by atoms with Gasteiger partial charge in [-0.2, -0.15) is 0 Å². The lowest BCUT2D eigenvalue weighted by Crippen LogP contribution is -2.45. The van der Waals surface area contributed by atoms with Gasteiger partial charge in [0.25, 0.3) is 0 Å². The third-order valence-corrected chi connectivity index (χ3v) is 3.51. The predicted molar refractivity (Wildman–Crippen MR) is 70.3 cm³/mol. The van der Waals surface area contributed by atoms with Crippen LogP contribution in [0.2, 0.25) is 0 Å². The number of carbonyl (C=O) groups is 1. The quantitative estimate of drug-likeness (QED) is 0.632. The number of amides is 1. The summed E-state index contributed by atoms with van der Waals surface area (Å²) in [6, 6.07) is 0. The van der Waals surface area contributed by atoms with Crippen LogP contribution in [0, 0.1) is 0 Å². The van der Waals surface area contributed by atoms with Crippen molar-refractivity contribution in [1.29, 1.82) is 0 Å². The van der Waals surface area contributed by atoms with Crippen LogP contribution in [0.4, 0.5) is 0 Å². The van der Waals surface area contributed by atoms with Gasteiger partial charge < -0.3 is 20.5 Å². The highest BCUT2D eigenvalue weighted by Gasteiger charge is 2.36. The Labute approximate surface area is 109 Å².